The third kappa shape index (κ3) is 15.6. The van der Waals surface area contributed by atoms with Crippen molar-refractivity contribution < 1.29 is 28.8 Å². The van der Waals surface area contributed by atoms with Crippen LogP contribution in [0.3, 0.4) is 0 Å². The van der Waals surface area contributed by atoms with Crippen LogP contribution in [0.4, 0.5) is 5.69 Å². The fraction of sp³-hybridized carbons (Fsp3) is 0.424. The third-order valence-corrected chi connectivity index (χ3v) is 15.5. The first-order chi connectivity index (χ1) is 38.4. The van der Waals surface area contributed by atoms with Gasteiger partial charge >= 0.3 is 0 Å². The minimum atomic E-state index is -0.568. The molecule has 0 radical (unpaired) electrons. The van der Waals surface area contributed by atoms with E-state index in [-0.39, 0.29) is 77.8 Å². The highest BCUT2D eigenvalue weighted by atomic mass is 79.9. The number of halogens is 3. The summed E-state index contributed by atoms with van der Waals surface area (Å²) >= 11 is 15.2. The maximum Gasteiger partial charge on any atom is 0.265 e. The average molecular weight is 1210 g/mol. The number of carbonyl (C=O) groups excluding carboxylic acids is 6. The quantitative estimate of drug-likeness (QED) is 0.0901. The molecule has 6 aromatic rings. The van der Waals surface area contributed by atoms with E-state index in [1.165, 1.54) is 47.8 Å². The number of pyridine rings is 4. The molecule has 428 valence electrons. The number of carbonyl (C=O) groups is 6. The summed E-state index contributed by atoms with van der Waals surface area (Å²) in [5.41, 5.74) is 2.11. The van der Waals surface area contributed by atoms with Crippen molar-refractivity contribution in [3.63, 3.8) is 0 Å². The Hall–Kier alpha value is -7.16. The first kappa shape index (κ1) is 59.9. The molecule has 10 rings (SSSR count). The minimum Gasteiger partial charge on any atom is -0.368 e. The zero-order chi connectivity index (χ0) is 58.3. The molecule has 4 aliphatic rings. The molecule has 0 bridgehead atoms. The average Bonchev–Trinajstić information content (AvgIpc) is 4.11. The summed E-state index contributed by atoms with van der Waals surface area (Å²) < 4.78 is 3.29. The van der Waals surface area contributed by atoms with Crippen molar-refractivity contribution in [2.75, 3.05) is 44.2 Å². The van der Waals surface area contributed by atoms with Crippen LogP contribution in [0.1, 0.15) is 105 Å². The maximum atomic E-state index is 13.6. The van der Waals surface area contributed by atoms with Crippen LogP contribution in [0, 0.1) is 10.8 Å². The molecule has 4 fully saturated rings. The SMILES string of the molecule is CC(=O)NC1CCCC1.CC(=O)NC1CCN(c2cnc3c(c2)cc(C(=O)NCc2ccc(Cl)cc2)c(=O)n3CC(=O)N2CC(C)(C)C2)C1.CC1(C)CN(C(=O)Cn2c(=O)c(C(=O)NCc3ccc(Cl)cc3)cc3cc(Br)cnc32)C1. The number of fused-ring (bicyclic) bond motifs is 2. The van der Waals surface area contributed by atoms with Crippen molar-refractivity contribution in [3.8, 4) is 0 Å². The molecule has 22 heteroatoms. The summed E-state index contributed by atoms with van der Waals surface area (Å²) in [7, 11) is 0. The van der Waals surface area contributed by atoms with Crippen molar-refractivity contribution in [1.29, 1.82) is 0 Å². The molecule has 4 N–H and O–H groups in total. The summed E-state index contributed by atoms with van der Waals surface area (Å²) in [5, 5.41) is 13.8. The molecule has 7 heterocycles. The van der Waals surface area contributed by atoms with Crippen molar-refractivity contribution >= 4 is 102 Å². The van der Waals surface area contributed by atoms with Crippen molar-refractivity contribution in [2.45, 2.75) is 112 Å². The second-order valence-electron chi connectivity index (χ2n) is 22.8. The fourth-order valence-electron chi connectivity index (χ4n) is 10.6. The van der Waals surface area contributed by atoms with Crippen LogP contribution in [0.2, 0.25) is 10.0 Å². The van der Waals surface area contributed by atoms with Gasteiger partial charge in [-0.1, -0.05) is 88.0 Å². The number of anilines is 1. The molecule has 1 atom stereocenters. The number of hydrogen-bond acceptors (Lipinski definition) is 11. The highest BCUT2D eigenvalue weighted by Gasteiger charge is 2.39. The molecule has 19 nitrogen and oxygen atoms in total. The van der Waals surface area contributed by atoms with Gasteiger partial charge in [-0.05, 0) is 106 Å². The van der Waals surface area contributed by atoms with Crippen LogP contribution in [-0.2, 0) is 45.4 Å². The lowest BCUT2D eigenvalue weighted by atomic mass is 9.84. The van der Waals surface area contributed by atoms with Gasteiger partial charge in [0.1, 0.15) is 35.5 Å². The summed E-state index contributed by atoms with van der Waals surface area (Å²) in [6, 6.07) is 21.4. The minimum absolute atomic E-state index is 0.0368. The Bertz CT molecular complexity index is 3480. The van der Waals surface area contributed by atoms with E-state index in [4.69, 9.17) is 23.2 Å². The molecular weight excluding hydrogens is 1140 g/mol. The molecule has 1 unspecified atom stereocenters. The number of nitrogens with zero attached hydrogens (tertiary/aromatic N) is 7. The van der Waals surface area contributed by atoms with Crippen LogP contribution in [0.25, 0.3) is 22.1 Å². The molecule has 81 heavy (non-hydrogen) atoms. The Morgan fingerprint density at radius 1 is 0.605 bits per heavy atom. The van der Waals surface area contributed by atoms with Crippen molar-refractivity contribution in [1.82, 2.24) is 50.2 Å². The van der Waals surface area contributed by atoms with Gasteiger partial charge in [-0.15, -0.1) is 0 Å². The molecule has 1 saturated carbocycles. The smallest absolute Gasteiger partial charge is 0.265 e. The summed E-state index contributed by atoms with van der Waals surface area (Å²) in [6.45, 7) is 15.4. The summed E-state index contributed by atoms with van der Waals surface area (Å²) in [4.78, 5) is 115. The van der Waals surface area contributed by atoms with E-state index in [0.717, 1.165) is 29.8 Å². The number of nitrogens with one attached hydrogen (secondary N) is 4. The van der Waals surface area contributed by atoms with E-state index in [9.17, 15) is 38.4 Å². The number of benzene rings is 2. The Morgan fingerprint density at radius 3 is 1.48 bits per heavy atom. The lowest BCUT2D eigenvalue weighted by Gasteiger charge is -2.45. The van der Waals surface area contributed by atoms with Gasteiger partial charge in [0.05, 0.1) is 11.9 Å². The van der Waals surface area contributed by atoms with E-state index < -0.39 is 22.9 Å². The van der Waals surface area contributed by atoms with Gasteiger partial charge < -0.3 is 36.0 Å². The number of aromatic nitrogens is 4. The second kappa shape index (κ2) is 25.7. The van der Waals surface area contributed by atoms with Crippen molar-refractivity contribution in [2.24, 2.45) is 10.8 Å². The fourth-order valence-corrected chi connectivity index (χ4v) is 11.2. The topological polar surface area (TPSA) is 230 Å². The Morgan fingerprint density at radius 2 is 1.04 bits per heavy atom. The number of likely N-dealkylation sites (tertiary alicyclic amines) is 2. The van der Waals surface area contributed by atoms with Gasteiger partial charge in [0.15, 0.2) is 0 Å². The maximum absolute atomic E-state index is 13.6. The van der Waals surface area contributed by atoms with Gasteiger partial charge in [0.2, 0.25) is 23.6 Å². The predicted molar refractivity (Wildman–Crippen MR) is 316 cm³/mol. The number of rotatable bonds is 13. The van der Waals surface area contributed by atoms with Crippen LogP contribution >= 0.6 is 39.1 Å². The van der Waals surface area contributed by atoms with Gasteiger partial charge in [-0.3, -0.25) is 47.5 Å². The molecule has 1 aliphatic carbocycles. The molecule has 3 saturated heterocycles. The van der Waals surface area contributed by atoms with Crippen LogP contribution in [-0.4, -0.2) is 116 Å². The molecular formula is C59H68BrCl2N11O8. The highest BCUT2D eigenvalue weighted by Crippen LogP contribution is 2.31. The zero-order valence-electron chi connectivity index (χ0n) is 46.4. The van der Waals surface area contributed by atoms with Gasteiger partial charge in [0.25, 0.3) is 22.9 Å². The predicted octanol–water partition coefficient (Wildman–Crippen LogP) is 7.24. The lowest BCUT2D eigenvalue weighted by Crippen LogP contribution is -2.56. The van der Waals surface area contributed by atoms with E-state index in [1.807, 2.05) is 6.07 Å². The van der Waals surface area contributed by atoms with Crippen LogP contribution in [0.15, 0.2) is 99.3 Å². The molecule has 2 aromatic carbocycles. The second-order valence-corrected chi connectivity index (χ2v) is 24.6. The molecule has 0 spiro atoms. The number of hydrogen-bond donors (Lipinski definition) is 4. The Balaban J connectivity index is 0.000000187. The first-order valence-electron chi connectivity index (χ1n) is 27.0. The summed E-state index contributed by atoms with van der Waals surface area (Å²) in [6.07, 6.45) is 8.97. The molecule has 4 aromatic heterocycles. The molecule has 3 aliphatic heterocycles. The van der Waals surface area contributed by atoms with E-state index in [0.29, 0.717) is 75.4 Å². The van der Waals surface area contributed by atoms with Crippen LogP contribution < -0.4 is 37.3 Å². The lowest BCUT2D eigenvalue weighted by molar-refractivity contribution is -0.142. The van der Waals surface area contributed by atoms with Gasteiger partial charge in [-0.25, -0.2) is 9.97 Å². The van der Waals surface area contributed by atoms with Gasteiger partial charge in [0, 0.05) is 110 Å². The van der Waals surface area contributed by atoms with E-state index >= 15 is 0 Å². The normalized spacial score (nSPS) is 17.0. The standard InChI is InChI=1S/C29H33ClN6O4.C23H22BrClN4O3.C7H13NO/c1-18(37)33-22-8-9-34(14-22)23-10-20-11-24(27(39)32-12-19-4-6-21(30)7-5-19)28(40)36(26(20)31-13-23)15-25(38)35-16-29(2,3)17-35;1-23(2)12-28(13-23)19(30)11-29-20-15(7-16(24)10-26-20)8-18(22(29)32)21(31)27-9-14-3-5-17(25)6-4-14;1-6(9)8-7-4-2-3-5-7/h4-7,10-11,13,22H,8-9,12,14-17H2,1-3H3,(H,32,39)(H,33,37);3-8,10H,9,11-13H2,1-2H3,(H,27,31);7H,2-5H2,1H3,(H,8,9). The third-order valence-electron chi connectivity index (χ3n) is 14.5. The van der Waals surface area contributed by atoms with E-state index in [2.05, 4.69) is 79.8 Å². The highest BCUT2D eigenvalue weighted by molar-refractivity contribution is 9.10. The number of amides is 6. The van der Waals surface area contributed by atoms with Crippen LogP contribution in [0.5, 0.6) is 0 Å². The van der Waals surface area contributed by atoms with Gasteiger partial charge in [-0.2, -0.15) is 0 Å². The monoisotopic (exact) mass is 1210 g/mol. The largest absolute Gasteiger partial charge is 0.368 e. The zero-order valence-corrected chi connectivity index (χ0v) is 49.5. The van der Waals surface area contributed by atoms with E-state index in [1.54, 1.807) is 89.8 Å². The Kier molecular flexibility index (Phi) is 19.1. The van der Waals surface area contributed by atoms with Crippen molar-refractivity contribution in [3.05, 3.63) is 143 Å². The Labute approximate surface area is 488 Å². The summed E-state index contributed by atoms with van der Waals surface area (Å²) in [5.74, 6) is -1.37. The molecule has 6 amide bonds. The first-order valence-corrected chi connectivity index (χ1v) is 28.6.